The molecule has 0 spiro atoms. The number of nitrogens with zero attached hydrogens (tertiary/aromatic N) is 1. The minimum absolute atomic E-state index is 0.800. The third-order valence-electron chi connectivity index (χ3n) is 2.03. The molecule has 2 rings (SSSR count). The minimum Gasteiger partial charge on any atom is -0.443 e. The first-order chi connectivity index (χ1) is 6.90. The van der Waals surface area contributed by atoms with Crippen molar-refractivity contribution in [3.8, 4) is 0 Å². The predicted molar refractivity (Wildman–Crippen MR) is 54.8 cm³/mol. The van der Waals surface area contributed by atoms with Gasteiger partial charge in [0.15, 0.2) is 12.0 Å². The summed E-state index contributed by atoms with van der Waals surface area (Å²) in [6, 6.07) is 6.02. The van der Waals surface area contributed by atoms with Gasteiger partial charge in [-0.05, 0) is 24.7 Å². The number of hydrogen-bond acceptors (Lipinski definition) is 4. The van der Waals surface area contributed by atoms with E-state index >= 15 is 0 Å². The van der Waals surface area contributed by atoms with Crippen LogP contribution >= 0.6 is 0 Å². The average Bonchev–Trinajstić information content (AvgIpc) is 2.65. The summed E-state index contributed by atoms with van der Waals surface area (Å²) in [6.07, 6.45) is 1.47. The summed E-state index contributed by atoms with van der Waals surface area (Å²) in [5.41, 5.74) is 2.95. The molecule has 4 nitrogen and oxygen atoms in total. The van der Waals surface area contributed by atoms with Crippen molar-refractivity contribution >= 4 is 11.1 Å². The van der Waals surface area contributed by atoms with Gasteiger partial charge in [-0.2, -0.15) is 0 Å². The van der Waals surface area contributed by atoms with Crippen molar-refractivity contribution < 1.29 is 4.42 Å². The molecule has 14 heavy (non-hydrogen) atoms. The molecule has 2 aromatic rings. The Morgan fingerprint density at radius 2 is 2.36 bits per heavy atom. The van der Waals surface area contributed by atoms with Crippen LogP contribution in [-0.4, -0.2) is 18.7 Å². The zero-order chi connectivity index (χ0) is 9.80. The molecule has 4 heteroatoms. The van der Waals surface area contributed by atoms with Gasteiger partial charge in [-0.15, -0.1) is 0 Å². The molecule has 74 valence electrons. The van der Waals surface area contributed by atoms with Crippen LogP contribution in [-0.2, 0) is 6.54 Å². The van der Waals surface area contributed by atoms with Gasteiger partial charge in [-0.25, -0.2) is 4.98 Å². The van der Waals surface area contributed by atoms with E-state index in [9.17, 15) is 0 Å². The van der Waals surface area contributed by atoms with Crippen LogP contribution in [0.15, 0.2) is 29.0 Å². The summed E-state index contributed by atoms with van der Waals surface area (Å²) < 4.78 is 5.21. The Kier molecular flexibility index (Phi) is 2.76. The SMILES string of the molecule is CNCNCc1ccc2ncoc2c1. The molecular weight excluding hydrogens is 178 g/mol. The maximum absolute atomic E-state index is 5.21. The van der Waals surface area contributed by atoms with Crippen molar-refractivity contribution in [2.45, 2.75) is 6.54 Å². The van der Waals surface area contributed by atoms with Crippen molar-refractivity contribution in [3.63, 3.8) is 0 Å². The van der Waals surface area contributed by atoms with E-state index in [1.54, 1.807) is 0 Å². The Labute approximate surface area is 82.3 Å². The van der Waals surface area contributed by atoms with Gasteiger partial charge in [0.2, 0.25) is 0 Å². The van der Waals surface area contributed by atoms with E-state index in [-0.39, 0.29) is 0 Å². The zero-order valence-electron chi connectivity index (χ0n) is 8.08. The Bertz CT molecular complexity index is 410. The topological polar surface area (TPSA) is 50.1 Å². The number of rotatable bonds is 4. The van der Waals surface area contributed by atoms with Gasteiger partial charge in [-0.3, -0.25) is 0 Å². The van der Waals surface area contributed by atoms with Crippen LogP contribution in [0, 0.1) is 0 Å². The van der Waals surface area contributed by atoms with E-state index in [0.717, 1.165) is 24.3 Å². The highest BCUT2D eigenvalue weighted by Crippen LogP contribution is 2.13. The minimum atomic E-state index is 0.800. The van der Waals surface area contributed by atoms with Crippen LogP contribution in [0.4, 0.5) is 0 Å². The third kappa shape index (κ3) is 1.92. The van der Waals surface area contributed by atoms with E-state index in [2.05, 4.69) is 15.6 Å². The molecule has 0 saturated carbocycles. The lowest BCUT2D eigenvalue weighted by molar-refractivity contribution is 0.599. The summed E-state index contributed by atoms with van der Waals surface area (Å²) in [5.74, 6) is 0. The quantitative estimate of drug-likeness (QED) is 0.561. The Hall–Kier alpha value is -1.39. The lowest BCUT2D eigenvalue weighted by Crippen LogP contribution is -2.25. The highest BCUT2D eigenvalue weighted by molar-refractivity contribution is 5.72. The molecule has 0 fully saturated rings. The van der Waals surface area contributed by atoms with Crippen molar-refractivity contribution in [2.75, 3.05) is 13.7 Å². The number of fused-ring (bicyclic) bond motifs is 1. The molecule has 0 aliphatic carbocycles. The summed E-state index contributed by atoms with van der Waals surface area (Å²) in [7, 11) is 1.91. The highest BCUT2D eigenvalue weighted by atomic mass is 16.3. The third-order valence-corrected chi connectivity index (χ3v) is 2.03. The number of aromatic nitrogens is 1. The second kappa shape index (κ2) is 4.21. The number of oxazole rings is 1. The molecule has 1 heterocycles. The van der Waals surface area contributed by atoms with E-state index in [1.807, 2.05) is 25.2 Å². The lowest BCUT2D eigenvalue weighted by Gasteiger charge is -2.02. The van der Waals surface area contributed by atoms with E-state index in [0.29, 0.717) is 0 Å². The van der Waals surface area contributed by atoms with Gasteiger partial charge >= 0.3 is 0 Å². The fraction of sp³-hybridized carbons (Fsp3) is 0.300. The molecule has 1 aromatic heterocycles. The molecule has 2 N–H and O–H groups in total. The standard InChI is InChI=1S/C10H13N3O/c1-11-6-12-5-8-2-3-9-10(4-8)14-7-13-9/h2-4,7,11-12H,5-6H2,1H3. The molecule has 0 unspecified atom stereocenters. The average molecular weight is 191 g/mol. The van der Waals surface area contributed by atoms with Crippen molar-refractivity contribution in [1.29, 1.82) is 0 Å². The molecule has 0 bridgehead atoms. The Balaban J connectivity index is 2.10. The van der Waals surface area contributed by atoms with Gasteiger partial charge in [0.05, 0.1) is 0 Å². The van der Waals surface area contributed by atoms with Crippen LogP contribution < -0.4 is 10.6 Å². The molecule has 0 atom stereocenters. The highest BCUT2D eigenvalue weighted by Gasteiger charge is 1.99. The lowest BCUT2D eigenvalue weighted by atomic mass is 10.2. The van der Waals surface area contributed by atoms with E-state index in [4.69, 9.17) is 4.42 Å². The number of nitrogens with one attached hydrogen (secondary N) is 2. The van der Waals surface area contributed by atoms with Crippen LogP contribution in [0.3, 0.4) is 0 Å². The first kappa shape index (κ1) is 9.18. The van der Waals surface area contributed by atoms with Crippen molar-refractivity contribution in [1.82, 2.24) is 15.6 Å². The summed E-state index contributed by atoms with van der Waals surface area (Å²) in [4.78, 5) is 4.06. The number of benzene rings is 1. The van der Waals surface area contributed by atoms with Crippen LogP contribution in [0.2, 0.25) is 0 Å². The summed E-state index contributed by atoms with van der Waals surface area (Å²) in [5, 5.41) is 6.26. The molecule has 0 radical (unpaired) electrons. The Morgan fingerprint density at radius 1 is 1.43 bits per heavy atom. The van der Waals surface area contributed by atoms with Crippen molar-refractivity contribution in [3.05, 3.63) is 30.2 Å². The fourth-order valence-electron chi connectivity index (χ4n) is 1.34. The first-order valence-corrected chi connectivity index (χ1v) is 4.57. The zero-order valence-corrected chi connectivity index (χ0v) is 8.08. The second-order valence-corrected chi connectivity index (χ2v) is 3.11. The van der Waals surface area contributed by atoms with E-state index < -0.39 is 0 Å². The molecular formula is C10H13N3O. The van der Waals surface area contributed by atoms with Crippen molar-refractivity contribution in [2.24, 2.45) is 0 Å². The van der Waals surface area contributed by atoms with E-state index in [1.165, 1.54) is 12.0 Å². The van der Waals surface area contributed by atoms with Crippen LogP contribution in [0.1, 0.15) is 5.56 Å². The number of hydrogen-bond donors (Lipinski definition) is 2. The maximum Gasteiger partial charge on any atom is 0.181 e. The largest absolute Gasteiger partial charge is 0.443 e. The first-order valence-electron chi connectivity index (χ1n) is 4.57. The second-order valence-electron chi connectivity index (χ2n) is 3.11. The fourth-order valence-corrected chi connectivity index (χ4v) is 1.34. The van der Waals surface area contributed by atoms with Gasteiger partial charge in [0.1, 0.15) is 5.52 Å². The molecule has 0 aliphatic heterocycles. The van der Waals surface area contributed by atoms with Crippen LogP contribution in [0.25, 0.3) is 11.1 Å². The monoisotopic (exact) mass is 191 g/mol. The summed E-state index contributed by atoms with van der Waals surface area (Å²) >= 11 is 0. The Morgan fingerprint density at radius 3 is 3.21 bits per heavy atom. The molecule has 0 saturated heterocycles. The van der Waals surface area contributed by atoms with Crippen LogP contribution in [0.5, 0.6) is 0 Å². The molecule has 1 aromatic carbocycles. The smallest absolute Gasteiger partial charge is 0.181 e. The normalized spacial score (nSPS) is 10.9. The molecule has 0 aliphatic rings. The predicted octanol–water partition coefficient (Wildman–Crippen LogP) is 1.09. The van der Waals surface area contributed by atoms with Gasteiger partial charge in [-0.1, -0.05) is 6.07 Å². The van der Waals surface area contributed by atoms with Gasteiger partial charge in [0.25, 0.3) is 0 Å². The van der Waals surface area contributed by atoms with Gasteiger partial charge in [0, 0.05) is 13.2 Å². The molecule has 0 amide bonds. The van der Waals surface area contributed by atoms with Gasteiger partial charge < -0.3 is 15.1 Å². The summed E-state index contributed by atoms with van der Waals surface area (Å²) in [6.45, 7) is 1.63. The maximum atomic E-state index is 5.21.